The van der Waals surface area contributed by atoms with Crippen molar-refractivity contribution in [2.75, 3.05) is 7.11 Å². The number of nitriles is 1. The standard InChI is InChI=1S/C26H24N2O4/c1-32-23-12-10-21(11-13-23)24(17-19-6-3-2-4-7-19)28(26(30)31)18-20-8-5-9-22(16-20)25(29)14-15-27/h2-13,16,24H,14,17-18H2,1H3,(H,30,31). The lowest BCUT2D eigenvalue weighted by Gasteiger charge is -2.30. The van der Waals surface area contributed by atoms with Gasteiger partial charge in [-0.2, -0.15) is 5.26 Å². The molecule has 1 amide bonds. The van der Waals surface area contributed by atoms with Crippen LogP contribution in [0.1, 0.15) is 39.5 Å². The predicted octanol–water partition coefficient (Wildman–Crippen LogP) is 5.26. The van der Waals surface area contributed by atoms with Crippen LogP contribution in [0.4, 0.5) is 4.79 Å². The molecule has 0 saturated carbocycles. The van der Waals surface area contributed by atoms with Crippen molar-refractivity contribution in [1.29, 1.82) is 5.26 Å². The molecule has 0 aromatic heterocycles. The maximum absolute atomic E-state index is 12.3. The first kappa shape index (κ1) is 22.6. The van der Waals surface area contributed by atoms with Gasteiger partial charge in [-0.15, -0.1) is 0 Å². The molecule has 0 spiro atoms. The summed E-state index contributed by atoms with van der Waals surface area (Å²) in [6.07, 6.45) is -0.781. The summed E-state index contributed by atoms with van der Waals surface area (Å²) in [5.74, 6) is 0.407. The van der Waals surface area contributed by atoms with Crippen molar-refractivity contribution in [3.63, 3.8) is 0 Å². The van der Waals surface area contributed by atoms with Crippen LogP contribution in [0.3, 0.4) is 0 Å². The van der Waals surface area contributed by atoms with Crippen molar-refractivity contribution in [1.82, 2.24) is 4.90 Å². The van der Waals surface area contributed by atoms with Crippen LogP contribution >= 0.6 is 0 Å². The second-order valence-corrected chi connectivity index (χ2v) is 7.35. The molecule has 0 radical (unpaired) electrons. The highest BCUT2D eigenvalue weighted by Gasteiger charge is 2.26. The zero-order chi connectivity index (χ0) is 22.9. The fourth-order valence-corrected chi connectivity index (χ4v) is 3.60. The fourth-order valence-electron chi connectivity index (χ4n) is 3.60. The lowest BCUT2D eigenvalue weighted by molar-refractivity contribution is 0.0997. The Hall–Kier alpha value is -4.11. The summed E-state index contributed by atoms with van der Waals surface area (Å²) >= 11 is 0. The zero-order valence-corrected chi connectivity index (χ0v) is 17.8. The molecule has 1 atom stereocenters. The Balaban J connectivity index is 1.95. The van der Waals surface area contributed by atoms with Crippen molar-refractivity contribution in [3.05, 3.63) is 101 Å². The first-order valence-electron chi connectivity index (χ1n) is 10.2. The summed E-state index contributed by atoms with van der Waals surface area (Å²) in [6, 6.07) is 25.3. The van der Waals surface area contributed by atoms with Gasteiger partial charge in [0, 0.05) is 12.1 Å². The molecule has 32 heavy (non-hydrogen) atoms. The molecule has 0 aliphatic heterocycles. The number of methoxy groups -OCH3 is 1. The molecular weight excluding hydrogens is 404 g/mol. The zero-order valence-electron chi connectivity index (χ0n) is 17.8. The van der Waals surface area contributed by atoms with E-state index in [0.717, 1.165) is 11.1 Å². The third-order valence-corrected chi connectivity index (χ3v) is 5.24. The van der Waals surface area contributed by atoms with E-state index in [1.54, 1.807) is 31.4 Å². The second-order valence-electron chi connectivity index (χ2n) is 7.35. The Bertz CT molecular complexity index is 1100. The third-order valence-electron chi connectivity index (χ3n) is 5.24. The fraction of sp³-hybridized carbons (Fsp3) is 0.192. The molecule has 1 N–H and O–H groups in total. The van der Waals surface area contributed by atoms with Crippen molar-refractivity contribution < 1.29 is 19.4 Å². The highest BCUT2D eigenvalue weighted by atomic mass is 16.5. The largest absolute Gasteiger partial charge is 0.497 e. The molecule has 3 rings (SSSR count). The van der Waals surface area contributed by atoms with Crippen LogP contribution < -0.4 is 4.74 Å². The number of Topliss-reactive ketones (excluding diaryl/α,β-unsaturated/α-hetero) is 1. The summed E-state index contributed by atoms with van der Waals surface area (Å²) in [7, 11) is 1.58. The number of amides is 1. The molecule has 3 aromatic rings. The molecule has 3 aromatic carbocycles. The summed E-state index contributed by atoms with van der Waals surface area (Å²) in [4.78, 5) is 25.8. The first-order valence-corrected chi connectivity index (χ1v) is 10.2. The average Bonchev–Trinajstić information content (AvgIpc) is 2.82. The highest BCUT2D eigenvalue weighted by Crippen LogP contribution is 2.29. The summed E-state index contributed by atoms with van der Waals surface area (Å²) in [6.45, 7) is 0.104. The van der Waals surface area contributed by atoms with Crippen molar-refractivity contribution in [3.8, 4) is 11.8 Å². The minimum atomic E-state index is -1.06. The van der Waals surface area contributed by atoms with E-state index in [9.17, 15) is 14.7 Å². The number of carbonyl (C=O) groups is 2. The molecule has 162 valence electrons. The van der Waals surface area contributed by atoms with Gasteiger partial charge in [0.1, 0.15) is 5.75 Å². The number of ether oxygens (including phenoxy) is 1. The van der Waals surface area contributed by atoms with Gasteiger partial charge in [0.25, 0.3) is 0 Å². The maximum Gasteiger partial charge on any atom is 0.408 e. The van der Waals surface area contributed by atoms with E-state index in [0.29, 0.717) is 23.3 Å². The minimum Gasteiger partial charge on any atom is -0.497 e. The molecule has 0 aliphatic carbocycles. The van der Waals surface area contributed by atoms with Gasteiger partial charge < -0.3 is 9.84 Å². The minimum absolute atomic E-state index is 0.104. The van der Waals surface area contributed by atoms with Gasteiger partial charge in [0.2, 0.25) is 0 Å². The Labute approximate surface area is 187 Å². The van der Waals surface area contributed by atoms with E-state index in [-0.39, 0.29) is 18.7 Å². The van der Waals surface area contributed by atoms with Gasteiger partial charge in [-0.25, -0.2) is 4.79 Å². The number of carbonyl (C=O) groups excluding carboxylic acids is 1. The van der Waals surface area contributed by atoms with Gasteiger partial charge in [-0.3, -0.25) is 9.69 Å². The molecule has 0 saturated heterocycles. The second kappa shape index (κ2) is 10.8. The van der Waals surface area contributed by atoms with Crippen LogP contribution in [0.5, 0.6) is 5.75 Å². The molecule has 0 fully saturated rings. The van der Waals surface area contributed by atoms with Crippen LogP contribution in [0.2, 0.25) is 0 Å². The van der Waals surface area contributed by atoms with Gasteiger partial charge in [-0.05, 0) is 41.3 Å². The van der Waals surface area contributed by atoms with Gasteiger partial charge in [0.15, 0.2) is 5.78 Å². The Morgan fingerprint density at radius 1 is 1.00 bits per heavy atom. The van der Waals surface area contributed by atoms with Crippen molar-refractivity contribution >= 4 is 11.9 Å². The van der Waals surface area contributed by atoms with E-state index in [1.165, 1.54) is 4.90 Å². The Morgan fingerprint density at radius 3 is 2.31 bits per heavy atom. The van der Waals surface area contributed by atoms with Crippen LogP contribution in [0.25, 0.3) is 0 Å². The number of benzene rings is 3. The quantitative estimate of drug-likeness (QED) is 0.470. The number of rotatable bonds is 9. The van der Waals surface area contributed by atoms with E-state index in [4.69, 9.17) is 10.00 Å². The number of nitrogens with zero attached hydrogens (tertiary/aromatic N) is 2. The first-order chi connectivity index (χ1) is 15.5. The van der Waals surface area contributed by atoms with Gasteiger partial charge in [0.05, 0.1) is 25.6 Å². The van der Waals surface area contributed by atoms with E-state index in [1.807, 2.05) is 60.7 Å². The van der Waals surface area contributed by atoms with E-state index in [2.05, 4.69) is 0 Å². The average molecular weight is 428 g/mol. The Kier molecular flexibility index (Phi) is 7.60. The van der Waals surface area contributed by atoms with E-state index < -0.39 is 12.1 Å². The molecule has 6 nitrogen and oxygen atoms in total. The lowest BCUT2D eigenvalue weighted by atomic mass is 9.96. The van der Waals surface area contributed by atoms with Gasteiger partial charge >= 0.3 is 6.09 Å². The van der Waals surface area contributed by atoms with Crippen LogP contribution in [0.15, 0.2) is 78.9 Å². The summed E-state index contributed by atoms with van der Waals surface area (Å²) < 4.78 is 5.24. The van der Waals surface area contributed by atoms with E-state index >= 15 is 0 Å². The highest BCUT2D eigenvalue weighted by molar-refractivity contribution is 5.97. The topological polar surface area (TPSA) is 90.6 Å². The molecule has 1 unspecified atom stereocenters. The Morgan fingerprint density at radius 2 is 1.69 bits per heavy atom. The lowest BCUT2D eigenvalue weighted by Crippen LogP contribution is -2.34. The van der Waals surface area contributed by atoms with Crippen LogP contribution in [0, 0.1) is 11.3 Å². The molecule has 6 heteroatoms. The number of ketones is 1. The summed E-state index contributed by atoms with van der Waals surface area (Å²) in [5.41, 5.74) is 2.94. The summed E-state index contributed by atoms with van der Waals surface area (Å²) in [5, 5.41) is 18.9. The van der Waals surface area contributed by atoms with Crippen LogP contribution in [-0.4, -0.2) is 29.0 Å². The normalized spacial score (nSPS) is 11.2. The number of hydrogen-bond acceptors (Lipinski definition) is 4. The molecule has 0 heterocycles. The molecule has 0 bridgehead atoms. The maximum atomic E-state index is 12.3. The number of carboxylic acid groups (broad SMARTS) is 1. The SMILES string of the molecule is COc1ccc(C(Cc2ccccc2)N(Cc2cccc(C(=O)CC#N)c2)C(=O)O)cc1. The monoisotopic (exact) mass is 428 g/mol. The third kappa shape index (κ3) is 5.73. The van der Waals surface area contributed by atoms with Crippen LogP contribution in [-0.2, 0) is 13.0 Å². The van der Waals surface area contributed by atoms with Crippen molar-refractivity contribution in [2.24, 2.45) is 0 Å². The molecule has 0 aliphatic rings. The smallest absolute Gasteiger partial charge is 0.408 e. The molecular formula is C26H24N2O4. The number of hydrogen-bond donors (Lipinski definition) is 1. The predicted molar refractivity (Wildman–Crippen MR) is 120 cm³/mol. The van der Waals surface area contributed by atoms with Gasteiger partial charge in [-0.1, -0.05) is 60.7 Å². The van der Waals surface area contributed by atoms with Crippen molar-refractivity contribution in [2.45, 2.75) is 25.4 Å².